The smallest absolute Gasteiger partial charge is 0.240 e. The van der Waals surface area contributed by atoms with Gasteiger partial charge >= 0.3 is 0 Å². The van der Waals surface area contributed by atoms with Crippen LogP contribution < -0.4 is 5.32 Å². The third-order valence-corrected chi connectivity index (χ3v) is 6.13. The summed E-state index contributed by atoms with van der Waals surface area (Å²) in [6.07, 6.45) is 0.672. The number of amides is 1. The minimum Gasteiger partial charge on any atom is -0.337 e. The molecular weight excluding hydrogens is 288 g/mol. The van der Waals surface area contributed by atoms with Crippen molar-refractivity contribution in [3.05, 3.63) is 35.4 Å². The lowest BCUT2D eigenvalue weighted by molar-refractivity contribution is -0.135. The lowest BCUT2D eigenvalue weighted by Crippen LogP contribution is -2.56. The molecule has 0 saturated carbocycles. The van der Waals surface area contributed by atoms with Crippen molar-refractivity contribution in [2.75, 3.05) is 18.1 Å². The SMILES string of the molecule is CC1CS(=O)(=O)CCN1C(=O)C1Cc2ccccc2CN1. The highest BCUT2D eigenvalue weighted by Crippen LogP contribution is 2.19. The molecule has 1 amide bonds. The average molecular weight is 308 g/mol. The van der Waals surface area contributed by atoms with E-state index in [1.54, 1.807) is 4.90 Å². The largest absolute Gasteiger partial charge is 0.337 e. The molecular formula is C15H20N2O3S. The van der Waals surface area contributed by atoms with Crippen LogP contribution >= 0.6 is 0 Å². The predicted octanol–water partition coefficient (Wildman–Crippen LogP) is 0.346. The Balaban J connectivity index is 1.72. The standard InChI is InChI=1S/C15H20N2O3S/c1-11-10-21(19,20)7-6-17(11)15(18)14-8-12-4-2-3-5-13(12)9-16-14/h2-5,11,14,16H,6-10H2,1H3. The van der Waals surface area contributed by atoms with E-state index in [1.165, 1.54) is 11.1 Å². The van der Waals surface area contributed by atoms with E-state index in [0.717, 1.165) is 0 Å². The van der Waals surface area contributed by atoms with Crippen molar-refractivity contribution in [3.63, 3.8) is 0 Å². The van der Waals surface area contributed by atoms with E-state index >= 15 is 0 Å². The summed E-state index contributed by atoms with van der Waals surface area (Å²) in [4.78, 5) is 14.4. The molecule has 0 bridgehead atoms. The number of benzene rings is 1. The van der Waals surface area contributed by atoms with Crippen LogP contribution in [-0.2, 0) is 27.6 Å². The zero-order valence-corrected chi connectivity index (χ0v) is 12.9. The monoisotopic (exact) mass is 308 g/mol. The molecule has 3 rings (SSSR count). The molecule has 1 aromatic rings. The molecule has 2 atom stereocenters. The van der Waals surface area contributed by atoms with Crippen LogP contribution in [-0.4, -0.2) is 49.4 Å². The maximum Gasteiger partial charge on any atom is 0.240 e. The molecule has 1 fully saturated rings. The van der Waals surface area contributed by atoms with Gasteiger partial charge in [-0.05, 0) is 24.5 Å². The Hall–Kier alpha value is -1.40. The van der Waals surface area contributed by atoms with E-state index in [4.69, 9.17) is 0 Å². The molecule has 114 valence electrons. The summed E-state index contributed by atoms with van der Waals surface area (Å²) in [5.74, 6) is 0.168. The van der Waals surface area contributed by atoms with E-state index in [-0.39, 0.29) is 29.5 Å². The Kier molecular flexibility index (Phi) is 3.75. The fourth-order valence-electron chi connectivity index (χ4n) is 3.16. The molecule has 6 heteroatoms. The molecule has 21 heavy (non-hydrogen) atoms. The van der Waals surface area contributed by atoms with Crippen molar-refractivity contribution in [1.29, 1.82) is 0 Å². The third-order valence-electron chi connectivity index (χ3n) is 4.33. The van der Waals surface area contributed by atoms with Crippen LogP contribution in [0.1, 0.15) is 18.1 Å². The maximum absolute atomic E-state index is 12.7. The van der Waals surface area contributed by atoms with Crippen LogP contribution in [0.3, 0.4) is 0 Å². The molecule has 2 aliphatic rings. The number of rotatable bonds is 1. The Bertz CT molecular complexity index is 657. The second-order valence-corrected chi connectivity index (χ2v) is 8.13. The van der Waals surface area contributed by atoms with E-state index in [1.807, 2.05) is 19.1 Å². The molecule has 1 aromatic carbocycles. The highest BCUT2D eigenvalue weighted by Gasteiger charge is 2.35. The maximum atomic E-state index is 12.7. The van der Waals surface area contributed by atoms with Crippen molar-refractivity contribution >= 4 is 15.7 Å². The fraction of sp³-hybridized carbons (Fsp3) is 0.533. The number of fused-ring (bicyclic) bond motifs is 1. The van der Waals surface area contributed by atoms with Crippen LogP contribution in [0.2, 0.25) is 0 Å². The number of hydrogen-bond donors (Lipinski definition) is 1. The summed E-state index contributed by atoms with van der Waals surface area (Å²) in [5.41, 5.74) is 2.43. The highest BCUT2D eigenvalue weighted by atomic mass is 32.2. The van der Waals surface area contributed by atoms with Gasteiger partial charge in [0.1, 0.15) is 0 Å². The number of carbonyl (C=O) groups is 1. The van der Waals surface area contributed by atoms with Crippen LogP contribution in [0.4, 0.5) is 0 Å². The molecule has 2 heterocycles. The number of nitrogens with zero attached hydrogens (tertiary/aromatic N) is 1. The van der Waals surface area contributed by atoms with Gasteiger partial charge in [-0.1, -0.05) is 24.3 Å². The van der Waals surface area contributed by atoms with Gasteiger partial charge in [-0.15, -0.1) is 0 Å². The van der Waals surface area contributed by atoms with Crippen molar-refractivity contribution in [2.24, 2.45) is 0 Å². The zero-order chi connectivity index (χ0) is 15.0. The normalized spacial score (nSPS) is 28.0. The Morgan fingerprint density at radius 2 is 2.00 bits per heavy atom. The van der Waals surface area contributed by atoms with E-state index in [2.05, 4.69) is 17.4 Å². The van der Waals surface area contributed by atoms with Gasteiger partial charge in [-0.25, -0.2) is 8.42 Å². The Morgan fingerprint density at radius 3 is 2.71 bits per heavy atom. The van der Waals surface area contributed by atoms with Crippen molar-refractivity contribution in [2.45, 2.75) is 32.0 Å². The fourth-order valence-corrected chi connectivity index (χ4v) is 4.71. The molecule has 5 nitrogen and oxygen atoms in total. The molecule has 1 saturated heterocycles. The van der Waals surface area contributed by atoms with Crippen LogP contribution in [0.25, 0.3) is 0 Å². The summed E-state index contributed by atoms with van der Waals surface area (Å²) in [7, 11) is -2.99. The van der Waals surface area contributed by atoms with Crippen LogP contribution in [0, 0.1) is 0 Å². The zero-order valence-electron chi connectivity index (χ0n) is 12.1. The van der Waals surface area contributed by atoms with Gasteiger partial charge < -0.3 is 10.2 Å². The van der Waals surface area contributed by atoms with E-state index < -0.39 is 9.84 Å². The first-order valence-electron chi connectivity index (χ1n) is 7.27. The molecule has 0 spiro atoms. The number of nitrogens with one attached hydrogen (secondary N) is 1. The van der Waals surface area contributed by atoms with Crippen LogP contribution in [0.15, 0.2) is 24.3 Å². The highest BCUT2D eigenvalue weighted by molar-refractivity contribution is 7.91. The van der Waals surface area contributed by atoms with Gasteiger partial charge in [-0.2, -0.15) is 0 Å². The Labute approximate surface area is 125 Å². The molecule has 0 radical (unpaired) electrons. The van der Waals surface area contributed by atoms with Crippen molar-refractivity contribution < 1.29 is 13.2 Å². The quantitative estimate of drug-likeness (QED) is 0.813. The summed E-state index contributed by atoms with van der Waals surface area (Å²) in [5, 5.41) is 3.27. The first-order valence-corrected chi connectivity index (χ1v) is 9.09. The molecule has 0 aromatic heterocycles. The molecule has 2 unspecified atom stereocenters. The molecule has 0 aliphatic carbocycles. The number of sulfone groups is 1. The summed E-state index contributed by atoms with van der Waals surface area (Å²) >= 11 is 0. The lowest BCUT2D eigenvalue weighted by atomic mass is 9.95. The first-order chi connectivity index (χ1) is 9.96. The predicted molar refractivity (Wildman–Crippen MR) is 80.6 cm³/mol. The van der Waals surface area contributed by atoms with Gasteiger partial charge in [0.25, 0.3) is 0 Å². The first kappa shape index (κ1) is 14.5. The van der Waals surface area contributed by atoms with Gasteiger partial charge in [0.15, 0.2) is 9.84 Å². The number of carbonyl (C=O) groups excluding carboxylic acids is 1. The molecule has 2 aliphatic heterocycles. The average Bonchev–Trinajstić information content (AvgIpc) is 2.45. The topological polar surface area (TPSA) is 66.5 Å². The summed E-state index contributed by atoms with van der Waals surface area (Å²) in [6.45, 7) is 2.81. The van der Waals surface area contributed by atoms with Gasteiger partial charge in [-0.3, -0.25) is 4.79 Å². The van der Waals surface area contributed by atoms with Gasteiger partial charge in [0, 0.05) is 19.1 Å². The van der Waals surface area contributed by atoms with Gasteiger partial charge in [0.2, 0.25) is 5.91 Å². The Morgan fingerprint density at radius 1 is 1.29 bits per heavy atom. The minimum absolute atomic E-state index is 0.0203. The second-order valence-electron chi connectivity index (χ2n) is 5.90. The third kappa shape index (κ3) is 2.96. The summed E-state index contributed by atoms with van der Waals surface area (Å²) in [6, 6.07) is 7.63. The number of hydrogen-bond acceptors (Lipinski definition) is 4. The lowest BCUT2D eigenvalue weighted by Gasteiger charge is -2.37. The summed E-state index contributed by atoms with van der Waals surface area (Å²) < 4.78 is 23.2. The minimum atomic E-state index is -2.99. The van der Waals surface area contributed by atoms with Crippen molar-refractivity contribution in [1.82, 2.24) is 10.2 Å². The second kappa shape index (κ2) is 5.42. The van der Waals surface area contributed by atoms with Gasteiger partial charge in [0.05, 0.1) is 17.5 Å². The molecule has 1 N–H and O–H groups in total. The van der Waals surface area contributed by atoms with Crippen molar-refractivity contribution in [3.8, 4) is 0 Å². The van der Waals surface area contributed by atoms with Crippen LogP contribution in [0.5, 0.6) is 0 Å². The van der Waals surface area contributed by atoms with E-state index in [9.17, 15) is 13.2 Å². The van der Waals surface area contributed by atoms with E-state index in [0.29, 0.717) is 19.5 Å².